The van der Waals surface area contributed by atoms with E-state index < -0.39 is 0 Å². The molecule has 0 bridgehead atoms. The first-order valence-electron chi connectivity index (χ1n) is 7.61. The molecule has 0 unspecified atom stereocenters. The van der Waals surface area contributed by atoms with Gasteiger partial charge in [-0.05, 0) is 52.4 Å². The van der Waals surface area contributed by atoms with Crippen molar-refractivity contribution < 1.29 is 4.74 Å². The number of benzene rings is 3. The zero-order chi connectivity index (χ0) is 17.0. The maximum Gasteiger partial charge on any atom is 0.227 e. The summed E-state index contributed by atoms with van der Waals surface area (Å²) in [6.07, 6.45) is 0. The topological polar surface area (TPSA) is 47.9 Å². The molecule has 0 N–H and O–H groups in total. The highest BCUT2D eigenvalue weighted by Crippen LogP contribution is 2.47. The Morgan fingerprint density at radius 2 is 1.36 bits per heavy atom. The number of ether oxygens (including phenoxy) is 1. The predicted molar refractivity (Wildman–Crippen MR) is 98.3 cm³/mol. The second kappa shape index (κ2) is 5.41. The van der Waals surface area contributed by atoms with E-state index in [2.05, 4.69) is 21.0 Å². The summed E-state index contributed by atoms with van der Waals surface area (Å²) in [5.74, 6) is 2.09. The molecular formula is C19H9Cl2N3O. The summed E-state index contributed by atoms with van der Waals surface area (Å²) in [5, 5.41) is 2.13. The lowest BCUT2D eigenvalue weighted by Gasteiger charge is -2.22. The third kappa shape index (κ3) is 2.26. The van der Waals surface area contributed by atoms with E-state index in [0.717, 1.165) is 39.0 Å². The van der Waals surface area contributed by atoms with Crippen LogP contribution in [0.2, 0.25) is 10.6 Å². The van der Waals surface area contributed by atoms with Crippen molar-refractivity contribution in [2.45, 2.75) is 0 Å². The van der Waals surface area contributed by atoms with Crippen LogP contribution in [0.5, 0.6) is 11.5 Å². The van der Waals surface area contributed by atoms with E-state index in [1.54, 1.807) is 0 Å². The molecule has 0 radical (unpaired) electrons. The van der Waals surface area contributed by atoms with Gasteiger partial charge in [-0.1, -0.05) is 36.4 Å². The van der Waals surface area contributed by atoms with E-state index in [9.17, 15) is 0 Å². The van der Waals surface area contributed by atoms with Gasteiger partial charge in [-0.3, -0.25) is 0 Å². The largest absolute Gasteiger partial charge is 0.456 e. The molecule has 4 aromatic rings. The van der Waals surface area contributed by atoms with E-state index in [1.807, 2.05) is 48.5 Å². The Morgan fingerprint density at radius 3 is 2.20 bits per heavy atom. The van der Waals surface area contributed by atoms with E-state index in [-0.39, 0.29) is 10.6 Å². The molecule has 0 fully saturated rings. The number of fused-ring (bicyclic) bond motifs is 2. The molecule has 6 heteroatoms. The number of aromatic nitrogens is 3. The molecule has 1 aliphatic rings. The maximum absolute atomic E-state index is 6.08. The van der Waals surface area contributed by atoms with Crippen molar-refractivity contribution in [2.24, 2.45) is 0 Å². The molecule has 1 aromatic heterocycles. The Kier molecular flexibility index (Phi) is 3.17. The molecule has 4 nitrogen and oxygen atoms in total. The van der Waals surface area contributed by atoms with E-state index in [1.165, 1.54) is 0 Å². The van der Waals surface area contributed by atoms with Crippen molar-refractivity contribution in [1.82, 2.24) is 15.0 Å². The van der Waals surface area contributed by atoms with Gasteiger partial charge in [0.05, 0.1) is 0 Å². The van der Waals surface area contributed by atoms with Crippen LogP contribution in [0.4, 0.5) is 0 Å². The molecule has 3 aromatic carbocycles. The number of hydrogen-bond donors (Lipinski definition) is 0. The summed E-state index contributed by atoms with van der Waals surface area (Å²) in [4.78, 5) is 12.3. The fraction of sp³-hybridized carbons (Fsp3) is 0. The van der Waals surface area contributed by atoms with Crippen LogP contribution in [-0.4, -0.2) is 15.0 Å². The van der Waals surface area contributed by atoms with Crippen molar-refractivity contribution in [2.75, 3.05) is 0 Å². The lowest BCUT2D eigenvalue weighted by molar-refractivity contribution is 0.487. The van der Waals surface area contributed by atoms with Gasteiger partial charge in [0, 0.05) is 16.5 Å². The molecule has 1 aliphatic heterocycles. The van der Waals surface area contributed by atoms with Gasteiger partial charge in [0.1, 0.15) is 11.5 Å². The fourth-order valence-corrected chi connectivity index (χ4v) is 3.58. The predicted octanol–water partition coefficient (Wildman–Crippen LogP) is 5.77. The van der Waals surface area contributed by atoms with Gasteiger partial charge in [-0.25, -0.2) is 0 Å². The lowest BCUT2D eigenvalue weighted by Crippen LogP contribution is -1.99. The molecular weight excluding hydrogens is 357 g/mol. The van der Waals surface area contributed by atoms with Crippen LogP contribution < -0.4 is 4.74 Å². The van der Waals surface area contributed by atoms with Crippen LogP contribution in [0.15, 0.2) is 54.6 Å². The van der Waals surface area contributed by atoms with Crippen molar-refractivity contribution in [3.05, 3.63) is 65.2 Å². The first kappa shape index (κ1) is 14.6. The Morgan fingerprint density at radius 1 is 0.640 bits per heavy atom. The third-order valence-corrected chi connectivity index (χ3v) is 4.56. The number of nitrogens with zero attached hydrogens (tertiary/aromatic N) is 3. The van der Waals surface area contributed by atoms with Gasteiger partial charge in [-0.15, -0.1) is 0 Å². The normalized spacial score (nSPS) is 11.9. The van der Waals surface area contributed by atoms with Crippen molar-refractivity contribution >= 4 is 34.0 Å². The highest BCUT2D eigenvalue weighted by Gasteiger charge is 2.22. The minimum atomic E-state index is 0.0667. The van der Waals surface area contributed by atoms with Crippen LogP contribution in [-0.2, 0) is 0 Å². The smallest absolute Gasteiger partial charge is 0.227 e. The Bertz CT molecular complexity index is 1140. The molecule has 0 atom stereocenters. The number of hydrogen-bond acceptors (Lipinski definition) is 4. The maximum atomic E-state index is 6.08. The first-order valence-corrected chi connectivity index (χ1v) is 8.37. The van der Waals surface area contributed by atoms with E-state index in [4.69, 9.17) is 27.9 Å². The van der Waals surface area contributed by atoms with Gasteiger partial charge in [0.2, 0.25) is 10.6 Å². The second-order valence-corrected chi connectivity index (χ2v) is 6.31. The summed E-state index contributed by atoms with van der Waals surface area (Å²) in [5.41, 5.74) is 3.00. The summed E-state index contributed by atoms with van der Waals surface area (Å²) in [6.45, 7) is 0. The molecule has 0 saturated carbocycles. The van der Waals surface area contributed by atoms with Crippen LogP contribution >= 0.6 is 23.2 Å². The SMILES string of the molecule is Clc1nc(Cl)nc(-c2ccc3c4c(cccc24)Oc2ccccc2-3)n1. The Labute approximate surface area is 153 Å². The number of rotatable bonds is 1. The molecule has 0 amide bonds. The summed E-state index contributed by atoms with van der Waals surface area (Å²) in [7, 11) is 0. The molecule has 0 spiro atoms. The minimum absolute atomic E-state index is 0.0667. The van der Waals surface area contributed by atoms with Gasteiger partial charge in [0.25, 0.3) is 0 Å². The average molecular weight is 366 g/mol. The fourth-order valence-electron chi connectivity index (χ4n) is 3.22. The molecule has 5 rings (SSSR count). The summed E-state index contributed by atoms with van der Waals surface area (Å²) in [6, 6.07) is 17.9. The zero-order valence-corrected chi connectivity index (χ0v) is 14.2. The summed E-state index contributed by atoms with van der Waals surface area (Å²) < 4.78 is 6.08. The molecule has 0 saturated heterocycles. The Balaban J connectivity index is 1.86. The molecule has 120 valence electrons. The van der Waals surface area contributed by atoms with Crippen LogP contribution in [0.1, 0.15) is 0 Å². The van der Waals surface area contributed by atoms with E-state index in [0.29, 0.717) is 5.82 Å². The lowest BCUT2D eigenvalue weighted by atomic mass is 9.92. The second-order valence-electron chi connectivity index (χ2n) is 5.63. The third-order valence-electron chi connectivity index (χ3n) is 4.22. The quantitative estimate of drug-likeness (QED) is 0.378. The first-order chi connectivity index (χ1) is 12.2. The van der Waals surface area contributed by atoms with Crippen molar-refractivity contribution in [1.29, 1.82) is 0 Å². The van der Waals surface area contributed by atoms with Crippen LogP contribution in [0, 0.1) is 0 Å². The van der Waals surface area contributed by atoms with Gasteiger partial charge in [0.15, 0.2) is 5.82 Å². The van der Waals surface area contributed by atoms with Gasteiger partial charge in [-0.2, -0.15) is 15.0 Å². The monoisotopic (exact) mass is 365 g/mol. The Hall–Kier alpha value is -2.69. The van der Waals surface area contributed by atoms with Crippen LogP contribution in [0.25, 0.3) is 33.3 Å². The van der Waals surface area contributed by atoms with Crippen molar-refractivity contribution in [3.8, 4) is 34.0 Å². The number of halogens is 2. The van der Waals surface area contributed by atoms with Crippen LogP contribution in [0.3, 0.4) is 0 Å². The zero-order valence-electron chi connectivity index (χ0n) is 12.7. The highest BCUT2D eigenvalue weighted by atomic mass is 35.5. The summed E-state index contributed by atoms with van der Waals surface area (Å²) >= 11 is 11.9. The standard InChI is InChI=1S/C19H9Cl2N3O/c20-18-22-17(23-19(21)24-18)13-9-8-12-10-4-1-2-6-14(10)25-15-7-3-5-11(13)16(12)15/h1-9H. The highest BCUT2D eigenvalue weighted by molar-refractivity contribution is 6.31. The van der Waals surface area contributed by atoms with E-state index >= 15 is 0 Å². The average Bonchev–Trinajstić information content (AvgIpc) is 2.61. The van der Waals surface area contributed by atoms with Gasteiger partial charge < -0.3 is 4.74 Å². The number of para-hydroxylation sites is 1. The minimum Gasteiger partial charge on any atom is -0.456 e. The molecule has 0 aliphatic carbocycles. The van der Waals surface area contributed by atoms with Crippen molar-refractivity contribution in [3.63, 3.8) is 0 Å². The molecule has 2 heterocycles. The van der Waals surface area contributed by atoms with Gasteiger partial charge >= 0.3 is 0 Å². The molecule has 25 heavy (non-hydrogen) atoms.